The summed E-state index contributed by atoms with van der Waals surface area (Å²) in [5.74, 6) is 1.06. The Morgan fingerprint density at radius 2 is 1.83 bits per heavy atom. The first kappa shape index (κ1) is 20.0. The van der Waals surface area contributed by atoms with Gasteiger partial charge >= 0.3 is 0 Å². The normalized spacial score (nSPS) is 11.0. The number of fused-ring (bicyclic) bond motifs is 1. The second kappa shape index (κ2) is 9.44. The van der Waals surface area contributed by atoms with Gasteiger partial charge in [0.2, 0.25) is 5.75 Å². The smallest absolute Gasteiger partial charge is 0.204 e. The van der Waals surface area contributed by atoms with E-state index < -0.39 is 0 Å². The Kier molecular flexibility index (Phi) is 6.28. The molecule has 0 N–H and O–H groups in total. The minimum atomic E-state index is -0.181. The van der Waals surface area contributed by atoms with Crippen molar-refractivity contribution >= 4 is 11.0 Å². The molecular weight excluding hydrogens is 381 g/mol. The van der Waals surface area contributed by atoms with E-state index in [9.17, 15) is 4.39 Å². The summed E-state index contributed by atoms with van der Waals surface area (Å²) in [6.45, 7) is 2.93. The van der Waals surface area contributed by atoms with E-state index in [4.69, 9.17) is 13.9 Å². The van der Waals surface area contributed by atoms with Crippen molar-refractivity contribution in [3.8, 4) is 11.5 Å². The zero-order valence-electron chi connectivity index (χ0n) is 16.9. The zero-order chi connectivity index (χ0) is 20.8. The van der Waals surface area contributed by atoms with Crippen molar-refractivity contribution in [2.45, 2.75) is 26.2 Å². The quantitative estimate of drug-likeness (QED) is 0.325. The molecule has 0 fully saturated rings. The number of aryl methyl sites for hydroxylation is 2. The van der Waals surface area contributed by atoms with Gasteiger partial charge in [0.25, 0.3) is 0 Å². The summed E-state index contributed by atoms with van der Waals surface area (Å²) in [4.78, 5) is 4.33. The first-order valence-electron chi connectivity index (χ1n) is 10.1. The van der Waals surface area contributed by atoms with E-state index in [0.717, 1.165) is 16.6 Å². The monoisotopic (exact) mass is 405 g/mol. The molecule has 0 amide bonds. The van der Waals surface area contributed by atoms with Crippen LogP contribution < -0.4 is 9.47 Å². The lowest BCUT2D eigenvalue weighted by Gasteiger charge is -2.14. The average Bonchev–Trinajstić information content (AvgIpc) is 3.25. The largest absolute Gasteiger partial charge is 0.489 e. The van der Waals surface area contributed by atoms with Crippen molar-refractivity contribution in [1.29, 1.82) is 0 Å². The summed E-state index contributed by atoms with van der Waals surface area (Å²) < 4.78 is 31.6. The number of pyridine rings is 1. The second-order valence-corrected chi connectivity index (χ2v) is 7.15. The van der Waals surface area contributed by atoms with Crippen LogP contribution in [0, 0.1) is 12.7 Å². The first-order chi connectivity index (χ1) is 14.7. The van der Waals surface area contributed by atoms with Gasteiger partial charge < -0.3 is 13.9 Å². The fraction of sp³-hybridized carbons (Fsp3) is 0.240. The predicted octanol–water partition coefficient (Wildman–Crippen LogP) is 5.91. The van der Waals surface area contributed by atoms with Gasteiger partial charge in [-0.25, -0.2) is 4.39 Å². The molecule has 0 atom stereocenters. The number of hydrogen-bond acceptors (Lipinski definition) is 4. The molecule has 2 aromatic carbocycles. The summed E-state index contributed by atoms with van der Waals surface area (Å²) in [5, 5.41) is 0.996. The van der Waals surface area contributed by atoms with Crippen molar-refractivity contribution in [3.63, 3.8) is 0 Å². The van der Waals surface area contributed by atoms with Crippen LogP contribution >= 0.6 is 0 Å². The minimum Gasteiger partial charge on any atom is -0.489 e. The van der Waals surface area contributed by atoms with Gasteiger partial charge in [-0.1, -0.05) is 24.3 Å². The highest BCUT2D eigenvalue weighted by atomic mass is 19.1. The molecule has 0 aliphatic carbocycles. The molecule has 0 unspecified atom stereocenters. The molecule has 0 saturated carbocycles. The SMILES string of the molecule is Cc1cc(OCCc2ccccn2)c(OCCCc2ccccc2F)c2occc12. The molecule has 0 bridgehead atoms. The van der Waals surface area contributed by atoms with Gasteiger partial charge in [0.15, 0.2) is 11.3 Å². The van der Waals surface area contributed by atoms with Crippen LogP contribution in [-0.4, -0.2) is 18.2 Å². The van der Waals surface area contributed by atoms with E-state index in [1.165, 1.54) is 6.07 Å². The summed E-state index contributed by atoms with van der Waals surface area (Å²) >= 11 is 0. The number of benzene rings is 2. The number of hydrogen-bond donors (Lipinski definition) is 0. The molecule has 154 valence electrons. The van der Waals surface area contributed by atoms with Crippen LogP contribution in [0.5, 0.6) is 11.5 Å². The highest BCUT2D eigenvalue weighted by Crippen LogP contribution is 2.39. The Labute approximate surface area is 175 Å². The fourth-order valence-corrected chi connectivity index (χ4v) is 3.44. The number of aromatic nitrogens is 1. The third-order valence-corrected chi connectivity index (χ3v) is 5.00. The van der Waals surface area contributed by atoms with Crippen LogP contribution in [0.1, 0.15) is 23.2 Å². The average molecular weight is 405 g/mol. The molecule has 0 saturated heterocycles. The van der Waals surface area contributed by atoms with Crippen LogP contribution in [0.3, 0.4) is 0 Å². The van der Waals surface area contributed by atoms with Gasteiger partial charge in [0.1, 0.15) is 5.82 Å². The maximum Gasteiger partial charge on any atom is 0.204 e. The predicted molar refractivity (Wildman–Crippen MR) is 115 cm³/mol. The number of halogens is 1. The van der Waals surface area contributed by atoms with Gasteiger partial charge in [0.05, 0.1) is 19.5 Å². The second-order valence-electron chi connectivity index (χ2n) is 7.15. The maximum atomic E-state index is 13.8. The van der Waals surface area contributed by atoms with E-state index in [0.29, 0.717) is 55.1 Å². The molecule has 4 aromatic rings. The van der Waals surface area contributed by atoms with Gasteiger partial charge in [-0.15, -0.1) is 0 Å². The standard InChI is InChI=1S/C25H24FNO3/c1-18-17-23(28-15-11-20-9-4-5-13-27-20)25(24-21(18)12-16-30-24)29-14-6-8-19-7-2-3-10-22(19)26/h2-5,7,9-10,12-13,16-17H,6,8,11,14-15H2,1H3. The summed E-state index contributed by atoms with van der Waals surface area (Å²) in [6, 6.07) is 16.6. The molecule has 4 rings (SSSR count). The lowest BCUT2D eigenvalue weighted by molar-refractivity contribution is 0.266. The molecule has 5 heteroatoms. The number of rotatable bonds is 9. The van der Waals surface area contributed by atoms with Crippen LogP contribution in [0.2, 0.25) is 0 Å². The summed E-state index contributed by atoms with van der Waals surface area (Å²) in [5.41, 5.74) is 3.40. The lowest BCUT2D eigenvalue weighted by Crippen LogP contribution is -2.06. The number of ether oxygens (including phenoxy) is 2. The van der Waals surface area contributed by atoms with E-state index in [-0.39, 0.29) is 5.82 Å². The van der Waals surface area contributed by atoms with Gasteiger partial charge in [-0.3, -0.25) is 4.98 Å². The van der Waals surface area contributed by atoms with E-state index in [1.807, 2.05) is 43.3 Å². The van der Waals surface area contributed by atoms with Crippen LogP contribution in [0.15, 0.2) is 71.5 Å². The van der Waals surface area contributed by atoms with Gasteiger partial charge in [0, 0.05) is 23.7 Å². The topological polar surface area (TPSA) is 44.5 Å². The summed E-state index contributed by atoms with van der Waals surface area (Å²) in [6.07, 6.45) is 5.42. The van der Waals surface area contributed by atoms with E-state index in [1.54, 1.807) is 24.6 Å². The lowest BCUT2D eigenvalue weighted by atomic mass is 10.1. The van der Waals surface area contributed by atoms with Crippen molar-refractivity contribution in [3.05, 3.63) is 89.7 Å². The highest BCUT2D eigenvalue weighted by molar-refractivity contribution is 5.88. The molecule has 2 aromatic heterocycles. The van der Waals surface area contributed by atoms with Crippen LogP contribution in [0.4, 0.5) is 4.39 Å². The van der Waals surface area contributed by atoms with Gasteiger partial charge in [-0.05, 0) is 61.2 Å². The fourth-order valence-electron chi connectivity index (χ4n) is 3.44. The van der Waals surface area contributed by atoms with Crippen LogP contribution in [-0.2, 0) is 12.8 Å². The molecular formula is C25H24FNO3. The third kappa shape index (κ3) is 4.62. The Hall–Kier alpha value is -3.34. The number of nitrogens with zero attached hydrogens (tertiary/aromatic N) is 1. The zero-order valence-corrected chi connectivity index (χ0v) is 16.9. The Balaban J connectivity index is 1.44. The highest BCUT2D eigenvalue weighted by Gasteiger charge is 2.16. The van der Waals surface area contributed by atoms with Crippen molar-refractivity contribution < 1.29 is 18.3 Å². The van der Waals surface area contributed by atoms with Gasteiger partial charge in [-0.2, -0.15) is 0 Å². The number of furan rings is 1. The molecule has 0 radical (unpaired) electrons. The third-order valence-electron chi connectivity index (χ3n) is 5.00. The molecule has 0 aliphatic rings. The Bertz CT molecular complexity index is 1110. The summed E-state index contributed by atoms with van der Waals surface area (Å²) in [7, 11) is 0. The first-order valence-corrected chi connectivity index (χ1v) is 10.1. The molecule has 30 heavy (non-hydrogen) atoms. The van der Waals surface area contributed by atoms with Crippen molar-refractivity contribution in [1.82, 2.24) is 4.98 Å². The maximum absolute atomic E-state index is 13.8. The van der Waals surface area contributed by atoms with Crippen LogP contribution in [0.25, 0.3) is 11.0 Å². The van der Waals surface area contributed by atoms with Crippen molar-refractivity contribution in [2.24, 2.45) is 0 Å². The molecule has 4 nitrogen and oxygen atoms in total. The minimum absolute atomic E-state index is 0.181. The van der Waals surface area contributed by atoms with E-state index >= 15 is 0 Å². The molecule has 0 aliphatic heterocycles. The van der Waals surface area contributed by atoms with E-state index in [2.05, 4.69) is 4.98 Å². The molecule has 0 spiro atoms. The Morgan fingerprint density at radius 3 is 2.67 bits per heavy atom. The Morgan fingerprint density at radius 1 is 0.967 bits per heavy atom. The van der Waals surface area contributed by atoms with Crippen molar-refractivity contribution in [2.75, 3.05) is 13.2 Å². The molecule has 2 heterocycles.